The van der Waals surface area contributed by atoms with Gasteiger partial charge in [-0.3, -0.25) is 0 Å². The highest BCUT2D eigenvalue weighted by molar-refractivity contribution is 7.20. The number of benzene rings is 14. The fourth-order valence-corrected chi connectivity index (χ4v) is 23.9. The van der Waals surface area contributed by atoms with Crippen LogP contribution in [0, 0.1) is 0 Å². The predicted octanol–water partition coefficient (Wildman–Crippen LogP) is 16.0. The van der Waals surface area contributed by atoms with Crippen molar-refractivity contribution in [3.05, 3.63) is 363 Å². The van der Waals surface area contributed by atoms with E-state index in [1.807, 2.05) is 0 Å². The van der Waals surface area contributed by atoms with Crippen molar-refractivity contribution in [3.8, 4) is 11.1 Å². The third kappa shape index (κ3) is 9.16. The van der Waals surface area contributed by atoms with Gasteiger partial charge < -0.3 is 9.80 Å². The molecule has 0 saturated carbocycles. The van der Waals surface area contributed by atoms with Crippen LogP contribution in [0.3, 0.4) is 0 Å². The van der Waals surface area contributed by atoms with E-state index in [9.17, 15) is 0 Å². The Kier molecular flexibility index (Phi) is 13.6. The molecule has 0 unspecified atom stereocenters. The molecule has 0 spiro atoms. The van der Waals surface area contributed by atoms with E-state index < -0.39 is 16.1 Å². The molecule has 0 radical (unpaired) electrons. The van der Waals surface area contributed by atoms with Crippen LogP contribution in [0.15, 0.2) is 352 Å². The SMILES string of the molecule is CC1(C)c2cc(N(c3ccc([Si](c4ccccc4)(c4ccccc4)c4ccccc4)cc3)c3ccc4ccccc4c3)ccc2-c2ccc(N(c3ccc([Si](c4ccccc4)(c4ccccc4)c4ccccc4)cc3)c3ccc4ccccc4c3)cc21. The maximum atomic E-state index is 2.47. The van der Waals surface area contributed by atoms with Crippen molar-refractivity contribution in [2.45, 2.75) is 19.3 Å². The van der Waals surface area contributed by atoms with Gasteiger partial charge in [-0.05, 0) is 158 Å². The largest absolute Gasteiger partial charge is 0.310 e. The zero-order chi connectivity index (χ0) is 58.4. The van der Waals surface area contributed by atoms with Gasteiger partial charge in [-0.15, -0.1) is 0 Å². The van der Waals surface area contributed by atoms with Crippen LogP contribution in [0.1, 0.15) is 25.0 Å². The van der Waals surface area contributed by atoms with Crippen LogP contribution in [0.25, 0.3) is 32.7 Å². The number of hydrogen-bond donors (Lipinski definition) is 0. The lowest BCUT2D eigenvalue weighted by Crippen LogP contribution is -2.74. The standard InChI is InChI=1S/C83H64N2Si2/c1-83(2)81-59-69(84(67-43-41-61-25-21-23-27-63(61)57-67)65-45-51-77(52-46-65)86(71-29-9-3-10-30-71,72-31-11-4-12-32-72)73-33-13-5-14-34-73)49-55-79(81)80-56-50-70(60-82(80)83)85(68-44-42-62-26-22-24-28-64(62)58-68)66-47-53-78(54-48-66)87(74-35-15-6-16-36-74,75-37-17-7-18-38-75)76-39-19-8-20-40-76/h3-60H,1-2H3. The third-order valence-electron chi connectivity index (χ3n) is 18.5. The fourth-order valence-electron chi connectivity index (χ4n) is 14.4. The molecular weight excluding hydrogens is 1080 g/mol. The first-order valence-corrected chi connectivity index (χ1v) is 34.3. The maximum Gasteiger partial charge on any atom is 0.179 e. The van der Waals surface area contributed by atoms with Gasteiger partial charge in [0.15, 0.2) is 16.1 Å². The highest BCUT2D eigenvalue weighted by Gasteiger charge is 2.43. The summed E-state index contributed by atoms with van der Waals surface area (Å²) in [4.78, 5) is 4.93. The average molecular weight is 1150 g/mol. The van der Waals surface area contributed by atoms with Crippen molar-refractivity contribution in [2.24, 2.45) is 0 Å². The summed E-state index contributed by atoms with van der Waals surface area (Å²) in [5.41, 5.74) is 11.5. The molecule has 0 aliphatic heterocycles. The molecule has 0 saturated heterocycles. The molecule has 1 aliphatic rings. The molecule has 14 aromatic rings. The summed E-state index contributed by atoms with van der Waals surface area (Å²) in [7, 11) is -5.52. The number of rotatable bonds is 14. The van der Waals surface area contributed by atoms with Crippen molar-refractivity contribution >= 4 is 113 Å². The zero-order valence-corrected chi connectivity index (χ0v) is 50.9. The number of hydrogen-bond acceptors (Lipinski definition) is 2. The molecule has 414 valence electrons. The first kappa shape index (κ1) is 53.4. The first-order valence-electron chi connectivity index (χ1n) is 30.3. The zero-order valence-electron chi connectivity index (χ0n) is 48.9. The molecule has 4 heteroatoms. The number of anilines is 6. The lowest BCUT2D eigenvalue weighted by molar-refractivity contribution is 0.660. The summed E-state index contributed by atoms with van der Waals surface area (Å²) in [6.07, 6.45) is 0. The van der Waals surface area contributed by atoms with Crippen LogP contribution in [0.4, 0.5) is 34.1 Å². The maximum absolute atomic E-state index is 2.76. The molecular formula is C83H64N2Si2. The molecule has 0 fully saturated rings. The van der Waals surface area contributed by atoms with Gasteiger partial charge in [-0.25, -0.2) is 0 Å². The molecule has 87 heavy (non-hydrogen) atoms. The lowest BCUT2D eigenvalue weighted by atomic mass is 9.82. The first-order chi connectivity index (χ1) is 42.9. The van der Waals surface area contributed by atoms with E-state index >= 15 is 0 Å². The Morgan fingerprint density at radius 1 is 0.207 bits per heavy atom. The molecule has 0 heterocycles. The van der Waals surface area contributed by atoms with Crippen molar-refractivity contribution < 1.29 is 0 Å². The second-order valence-electron chi connectivity index (χ2n) is 23.6. The Hall–Kier alpha value is -10.4. The molecule has 0 N–H and O–H groups in total. The molecule has 0 aromatic heterocycles. The summed E-state index contributed by atoms with van der Waals surface area (Å²) in [6, 6.07) is 132. The normalized spacial score (nSPS) is 12.6. The van der Waals surface area contributed by atoms with Crippen molar-refractivity contribution in [2.75, 3.05) is 9.80 Å². The Labute approximate surface area is 513 Å². The molecule has 14 aromatic carbocycles. The van der Waals surface area contributed by atoms with Gasteiger partial charge in [0.2, 0.25) is 0 Å². The van der Waals surface area contributed by atoms with E-state index in [2.05, 4.69) is 375 Å². The minimum absolute atomic E-state index is 0.340. The molecule has 15 rings (SSSR count). The smallest absolute Gasteiger partial charge is 0.179 e. The van der Waals surface area contributed by atoms with Crippen LogP contribution in [0.2, 0.25) is 0 Å². The molecule has 0 bridgehead atoms. The molecule has 0 atom stereocenters. The highest BCUT2D eigenvalue weighted by Crippen LogP contribution is 2.53. The van der Waals surface area contributed by atoms with Crippen molar-refractivity contribution in [1.29, 1.82) is 0 Å². The predicted molar refractivity (Wildman–Crippen MR) is 376 cm³/mol. The van der Waals surface area contributed by atoms with Gasteiger partial charge in [0.1, 0.15) is 0 Å². The third-order valence-corrected chi connectivity index (χ3v) is 28.1. The van der Waals surface area contributed by atoms with Crippen LogP contribution in [-0.4, -0.2) is 16.1 Å². The number of nitrogens with zero attached hydrogens (tertiary/aromatic N) is 2. The number of fused-ring (bicyclic) bond motifs is 5. The van der Waals surface area contributed by atoms with Crippen LogP contribution < -0.4 is 51.3 Å². The van der Waals surface area contributed by atoms with E-state index in [1.165, 1.54) is 85.3 Å². The van der Waals surface area contributed by atoms with Gasteiger partial charge >= 0.3 is 0 Å². The van der Waals surface area contributed by atoms with Crippen LogP contribution in [0.5, 0.6) is 0 Å². The molecule has 0 amide bonds. The van der Waals surface area contributed by atoms with E-state index in [4.69, 9.17) is 0 Å². The monoisotopic (exact) mass is 1140 g/mol. The van der Waals surface area contributed by atoms with Gasteiger partial charge in [0, 0.05) is 39.5 Å². The summed E-state index contributed by atoms with van der Waals surface area (Å²) in [5.74, 6) is 0. The van der Waals surface area contributed by atoms with Gasteiger partial charge in [-0.1, -0.05) is 293 Å². The fraction of sp³-hybridized carbons (Fsp3) is 0.0361. The van der Waals surface area contributed by atoms with E-state index in [0.29, 0.717) is 0 Å². The highest BCUT2D eigenvalue weighted by atomic mass is 28.3. The quantitative estimate of drug-likeness (QED) is 0.0791. The summed E-state index contributed by atoms with van der Waals surface area (Å²) in [6.45, 7) is 4.83. The van der Waals surface area contributed by atoms with Crippen LogP contribution >= 0.6 is 0 Å². The summed E-state index contributed by atoms with van der Waals surface area (Å²) in [5, 5.41) is 15.7. The Bertz CT molecular complexity index is 4250. The van der Waals surface area contributed by atoms with Gasteiger partial charge in [0.05, 0.1) is 0 Å². The molecule has 1 aliphatic carbocycles. The van der Waals surface area contributed by atoms with Crippen LogP contribution in [-0.2, 0) is 5.41 Å². The van der Waals surface area contributed by atoms with Crippen molar-refractivity contribution in [1.82, 2.24) is 0 Å². The van der Waals surface area contributed by atoms with Crippen molar-refractivity contribution in [3.63, 3.8) is 0 Å². The van der Waals surface area contributed by atoms with Gasteiger partial charge in [-0.2, -0.15) is 0 Å². The second-order valence-corrected chi connectivity index (χ2v) is 31.2. The van der Waals surface area contributed by atoms with E-state index in [0.717, 1.165) is 34.1 Å². The topological polar surface area (TPSA) is 6.48 Å². The minimum Gasteiger partial charge on any atom is -0.310 e. The minimum atomic E-state index is -2.76. The average Bonchev–Trinajstić information content (AvgIpc) is 1.83. The summed E-state index contributed by atoms with van der Waals surface area (Å²) >= 11 is 0. The lowest BCUT2D eigenvalue weighted by Gasteiger charge is -2.35. The van der Waals surface area contributed by atoms with Gasteiger partial charge in [0.25, 0.3) is 0 Å². The Balaban J connectivity index is 0.849. The Morgan fingerprint density at radius 2 is 0.437 bits per heavy atom. The second kappa shape index (κ2) is 22.2. The van der Waals surface area contributed by atoms with E-state index in [1.54, 1.807) is 0 Å². The molecule has 2 nitrogen and oxygen atoms in total. The van der Waals surface area contributed by atoms with E-state index in [-0.39, 0.29) is 5.41 Å². The Morgan fingerprint density at radius 3 is 0.736 bits per heavy atom. The summed E-state index contributed by atoms with van der Waals surface area (Å²) < 4.78 is 0.